The molecule has 1 atom stereocenters. The summed E-state index contributed by atoms with van der Waals surface area (Å²) >= 11 is 5.36. The van der Waals surface area contributed by atoms with Crippen LogP contribution in [0.25, 0.3) is 0 Å². The van der Waals surface area contributed by atoms with Crippen molar-refractivity contribution in [3.8, 4) is 11.5 Å². The van der Waals surface area contributed by atoms with Gasteiger partial charge in [-0.2, -0.15) is 0 Å². The van der Waals surface area contributed by atoms with E-state index in [1.54, 1.807) is 26.4 Å². The van der Waals surface area contributed by atoms with Crippen molar-refractivity contribution in [3.63, 3.8) is 0 Å². The van der Waals surface area contributed by atoms with E-state index < -0.39 is 0 Å². The summed E-state index contributed by atoms with van der Waals surface area (Å²) in [5, 5.41) is 7.08. The summed E-state index contributed by atoms with van der Waals surface area (Å²) in [6.45, 7) is 4.94. The summed E-state index contributed by atoms with van der Waals surface area (Å²) in [5.74, 6) is 1.23. The summed E-state index contributed by atoms with van der Waals surface area (Å²) in [6, 6.07) is 11.0. The molecule has 0 fully saturated rings. The molecule has 2 N–H and O–H groups in total. The number of methoxy groups -OCH3 is 2. The Bertz CT molecular complexity index is 862. The molecule has 29 heavy (non-hydrogen) atoms. The Morgan fingerprint density at radius 3 is 2.62 bits per heavy atom. The third-order valence-corrected chi connectivity index (χ3v) is 5.47. The molecule has 1 heterocycles. The van der Waals surface area contributed by atoms with Gasteiger partial charge in [-0.1, -0.05) is 12.1 Å². The zero-order chi connectivity index (χ0) is 20.8. The minimum Gasteiger partial charge on any atom is -0.493 e. The first-order chi connectivity index (χ1) is 14.0. The first-order valence-electron chi connectivity index (χ1n) is 9.80. The molecule has 0 radical (unpaired) electrons. The standard InChI is InChI=1S/C22H28FN3O2S/c1-4-24-22(29)25-13-19-18-12-21(28-3)20(27-2)11-16(18)8-9-26(19)14-15-6-5-7-17(23)10-15/h5-7,10-12,19H,4,8-9,13-14H2,1-3H3,(H2,24,25,29). The van der Waals surface area contributed by atoms with Gasteiger partial charge in [-0.15, -0.1) is 0 Å². The molecule has 3 rings (SSSR count). The zero-order valence-electron chi connectivity index (χ0n) is 17.1. The van der Waals surface area contributed by atoms with E-state index in [0.717, 1.165) is 30.8 Å². The van der Waals surface area contributed by atoms with Crippen molar-refractivity contribution in [1.82, 2.24) is 15.5 Å². The number of hydrogen-bond donors (Lipinski definition) is 2. The van der Waals surface area contributed by atoms with Crippen LogP contribution >= 0.6 is 12.2 Å². The van der Waals surface area contributed by atoms with Crippen LogP contribution in [0.5, 0.6) is 11.5 Å². The number of rotatable bonds is 7. The molecule has 1 aliphatic heterocycles. The first-order valence-corrected chi connectivity index (χ1v) is 10.2. The van der Waals surface area contributed by atoms with Crippen molar-refractivity contribution < 1.29 is 13.9 Å². The van der Waals surface area contributed by atoms with Gasteiger partial charge in [0.05, 0.1) is 20.3 Å². The van der Waals surface area contributed by atoms with Crippen LogP contribution in [0.3, 0.4) is 0 Å². The van der Waals surface area contributed by atoms with Crippen LogP contribution in [0.4, 0.5) is 4.39 Å². The van der Waals surface area contributed by atoms with E-state index in [1.165, 1.54) is 17.2 Å². The number of benzene rings is 2. The molecular weight excluding hydrogens is 389 g/mol. The average Bonchev–Trinajstić information content (AvgIpc) is 2.72. The number of halogens is 1. The van der Waals surface area contributed by atoms with Crippen molar-refractivity contribution in [2.45, 2.75) is 25.9 Å². The van der Waals surface area contributed by atoms with Gasteiger partial charge in [0.25, 0.3) is 0 Å². The van der Waals surface area contributed by atoms with Gasteiger partial charge in [0.15, 0.2) is 16.6 Å². The molecule has 0 aromatic heterocycles. The maximum Gasteiger partial charge on any atom is 0.166 e. The zero-order valence-corrected chi connectivity index (χ0v) is 17.9. The molecule has 0 saturated heterocycles. The summed E-state index contributed by atoms with van der Waals surface area (Å²) in [7, 11) is 3.29. The Kier molecular flexibility index (Phi) is 7.28. The number of nitrogens with one attached hydrogen (secondary N) is 2. The van der Waals surface area contributed by atoms with Crippen molar-refractivity contribution >= 4 is 17.3 Å². The molecule has 1 aliphatic rings. The monoisotopic (exact) mass is 417 g/mol. The lowest BCUT2D eigenvalue weighted by Gasteiger charge is -2.38. The van der Waals surface area contributed by atoms with E-state index in [4.69, 9.17) is 21.7 Å². The second kappa shape index (κ2) is 9.89. The highest BCUT2D eigenvalue weighted by atomic mass is 32.1. The van der Waals surface area contributed by atoms with Crippen LogP contribution in [0, 0.1) is 5.82 Å². The van der Waals surface area contributed by atoms with Crippen molar-refractivity contribution in [1.29, 1.82) is 0 Å². The highest BCUT2D eigenvalue weighted by molar-refractivity contribution is 7.80. The molecule has 2 aromatic rings. The second-order valence-electron chi connectivity index (χ2n) is 7.01. The van der Waals surface area contributed by atoms with Gasteiger partial charge in [0, 0.05) is 26.2 Å². The number of thiocarbonyl (C=S) groups is 1. The SMILES string of the molecule is CCNC(=S)NCC1c2cc(OC)c(OC)cc2CCN1Cc1cccc(F)c1. The Morgan fingerprint density at radius 1 is 1.17 bits per heavy atom. The van der Waals surface area contributed by atoms with E-state index in [9.17, 15) is 4.39 Å². The number of fused-ring (bicyclic) bond motifs is 1. The molecule has 1 unspecified atom stereocenters. The molecule has 0 saturated carbocycles. The van der Waals surface area contributed by atoms with Crippen LogP contribution in [0.15, 0.2) is 36.4 Å². The summed E-state index contributed by atoms with van der Waals surface area (Å²) < 4.78 is 24.7. The highest BCUT2D eigenvalue weighted by Gasteiger charge is 2.29. The molecule has 0 aliphatic carbocycles. The third-order valence-electron chi connectivity index (χ3n) is 5.18. The van der Waals surface area contributed by atoms with Crippen LogP contribution in [0.1, 0.15) is 29.7 Å². The maximum atomic E-state index is 13.7. The molecular formula is C22H28FN3O2S. The predicted octanol–water partition coefficient (Wildman–Crippen LogP) is 3.43. The molecule has 0 amide bonds. The lowest BCUT2D eigenvalue weighted by molar-refractivity contribution is 0.176. The van der Waals surface area contributed by atoms with Gasteiger partial charge in [-0.05, 0) is 66.5 Å². The average molecular weight is 418 g/mol. The summed E-state index contributed by atoms with van der Waals surface area (Å²) in [5.41, 5.74) is 3.37. The van der Waals surface area contributed by atoms with Gasteiger partial charge in [-0.25, -0.2) is 4.39 Å². The van der Waals surface area contributed by atoms with Crippen LogP contribution in [-0.2, 0) is 13.0 Å². The lowest BCUT2D eigenvalue weighted by Crippen LogP contribution is -2.44. The Morgan fingerprint density at radius 2 is 1.93 bits per heavy atom. The fraction of sp³-hybridized carbons (Fsp3) is 0.409. The van der Waals surface area contributed by atoms with Crippen LogP contribution in [0.2, 0.25) is 0 Å². The second-order valence-corrected chi connectivity index (χ2v) is 7.42. The molecule has 7 heteroatoms. The van der Waals surface area contributed by atoms with Gasteiger partial charge in [0.1, 0.15) is 5.82 Å². The van der Waals surface area contributed by atoms with Gasteiger partial charge in [0.2, 0.25) is 0 Å². The smallest absolute Gasteiger partial charge is 0.166 e. The van der Waals surface area contributed by atoms with E-state index in [0.29, 0.717) is 24.0 Å². The van der Waals surface area contributed by atoms with Gasteiger partial charge < -0.3 is 20.1 Å². The highest BCUT2D eigenvalue weighted by Crippen LogP contribution is 2.38. The third kappa shape index (κ3) is 5.16. The summed E-state index contributed by atoms with van der Waals surface area (Å²) in [4.78, 5) is 2.35. The first kappa shape index (κ1) is 21.3. The maximum absolute atomic E-state index is 13.7. The fourth-order valence-corrected chi connectivity index (χ4v) is 4.02. The minimum atomic E-state index is -0.214. The van der Waals surface area contributed by atoms with Gasteiger partial charge >= 0.3 is 0 Å². The van der Waals surface area contributed by atoms with E-state index >= 15 is 0 Å². The van der Waals surface area contributed by atoms with E-state index in [-0.39, 0.29) is 11.9 Å². The van der Waals surface area contributed by atoms with Crippen LogP contribution in [-0.4, -0.2) is 43.9 Å². The van der Waals surface area contributed by atoms with Crippen molar-refractivity contribution in [3.05, 3.63) is 58.9 Å². The van der Waals surface area contributed by atoms with E-state index in [2.05, 4.69) is 27.7 Å². The topological polar surface area (TPSA) is 45.8 Å². The molecule has 0 spiro atoms. The molecule has 5 nitrogen and oxygen atoms in total. The molecule has 2 aromatic carbocycles. The normalized spacial score (nSPS) is 16.1. The lowest BCUT2D eigenvalue weighted by atomic mass is 9.91. The quantitative estimate of drug-likeness (QED) is 0.673. The predicted molar refractivity (Wildman–Crippen MR) is 117 cm³/mol. The Labute approximate surface area is 177 Å². The Balaban J connectivity index is 1.91. The molecule has 156 valence electrons. The summed E-state index contributed by atoms with van der Waals surface area (Å²) in [6.07, 6.45) is 0.888. The van der Waals surface area contributed by atoms with Gasteiger partial charge in [-0.3, -0.25) is 4.90 Å². The minimum absolute atomic E-state index is 0.0680. The number of hydrogen-bond acceptors (Lipinski definition) is 4. The molecule has 0 bridgehead atoms. The largest absolute Gasteiger partial charge is 0.493 e. The fourth-order valence-electron chi connectivity index (χ4n) is 3.79. The van der Waals surface area contributed by atoms with Crippen molar-refractivity contribution in [2.24, 2.45) is 0 Å². The van der Waals surface area contributed by atoms with E-state index in [1.807, 2.05) is 13.0 Å². The Hall–Kier alpha value is -2.38. The number of nitrogens with zero attached hydrogens (tertiary/aromatic N) is 1. The van der Waals surface area contributed by atoms with Crippen LogP contribution < -0.4 is 20.1 Å². The van der Waals surface area contributed by atoms with Crippen molar-refractivity contribution in [2.75, 3.05) is 33.9 Å². The number of ether oxygens (including phenoxy) is 2.